The van der Waals surface area contributed by atoms with Crippen molar-refractivity contribution in [3.8, 4) is 11.1 Å². The van der Waals surface area contributed by atoms with Crippen LogP contribution in [0.4, 0.5) is 5.69 Å². The monoisotopic (exact) mass is 523 g/mol. The number of nitrogens with zero attached hydrogens (tertiary/aromatic N) is 6. The van der Waals surface area contributed by atoms with Crippen LogP contribution in [-0.2, 0) is 18.4 Å². The molecule has 0 unspecified atom stereocenters. The minimum Gasteiger partial charge on any atom is -0.387 e. The van der Waals surface area contributed by atoms with Gasteiger partial charge in [-0.2, -0.15) is 10.2 Å². The predicted molar refractivity (Wildman–Crippen MR) is 155 cm³/mol. The molecule has 4 aromatic rings. The number of fused-ring (bicyclic) bond motifs is 2. The van der Waals surface area contributed by atoms with Crippen LogP contribution in [0.15, 0.2) is 70.2 Å². The summed E-state index contributed by atoms with van der Waals surface area (Å²) in [6, 6.07) is 13.5. The van der Waals surface area contributed by atoms with Gasteiger partial charge < -0.3 is 10.6 Å². The number of nitrogens with two attached hydrogens (primary N) is 1. The molecule has 1 amide bonds. The number of carbonyl (C=O) groups is 1. The fourth-order valence-corrected chi connectivity index (χ4v) is 4.95. The highest BCUT2D eigenvalue weighted by molar-refractivity contribution is 6.05. The van der Waals surface area contributed by atoms with Gasteiger partial charge in [-0.15, -0.1) is 0 Å². The van der Waals surface area contributed by atoms with Crippen LogP contribution in [0.5, 0.6) is 0 Å². The molecule has 1 aliphatic heterocycles. The van der Waals surface area contributed by atoms with Gasteiger partial charge in [0.1, 0.15) is 5.84 Å². The van der Waals surface area contributed by atoms with E-state index in [1.165, 1.54) is 4.68 Å². The lowest BCUT2D eigenvalue weighted by Crippen LogP contribution is -2.34. The zero-order chi connectivity index (χ0) is 27.5. The topological polar surface area (TPSA) is 111 Å². The second-order valence-corrected chi connectivity index (χ2v) is 9.91. The molecule has 2 aromatic heterocycles. The van der Waals surface area contributed by atoms with Crippen molar-refractivity contribution < 1.29 is 4.79 Å². The Morgan fingerprint density at radius 1 is 1.05 bits per heavy atom. The lowest BCUT2D eigenvalue weighted by molar-refractivity contribution is -0.127. The fraction of sp³-hybridized carbons (Fsp3) is 0.300. The Kier molecular flexibility index (Phi) is 7.40. The standard InChI is InChI=1S/C30H33N7O2/c1-4-11-36(12-5-2)29(38)23-15-22-7-6-21(16-27(22)33-28(31)17-23)20-8-9-26-24(14-20)18-32-37(30(26)39)19-25-10-13-35(3)34-25/h6-10,13-16,18H,4-5,11-12,17,19H2,1-3H3,(H2,31,33). The van der Waals surface area contributed by atoms with Crippen molar-refractivity contribution in [2.75, 3.05) is 13.1 Å². The van der Waals surface area contributed by atoms with Crippen LogP contribution in [0.2, 0.25) is 0 Å². The number of aliphatic imine (C=N–C) groups is 1. The Morgan fingerprint density at radius 3 is 2.51 bits per heavy atom. The van der Waals surface area contributed by atoms with Gasteiger partial charge in [-0.1, -0.05) is 32.0 Å². The van der Waals surface area contributed by atoms with Gasteiger partial charge in [0.2, 0.25) is 5.91 Å². The van der Waals surface area contributed by atoms with E-state index in [0.29, 0.717) is 35.4 Å². The van der Waals surface area contributed by atoms with Crippen molar-refractivity contribution in [1.29, 1.82) is 0 Å². The van der Waals surface area contributed by atoms with E-state index in [2.05, 4.69) is 29.0 Å². The van der Waals surface area contributed by atoms with Crippen molar-refractivity contribution in [3.63, 3.8) is 0 Å². The molecule has 0 saturated carbocycles. The lowest BCUT2D eigenvalue weighted by Gasteiger charge is -2.22. The summed E-state index contributed by atoms with van der Waals surface area (Å²) in [5.74, 6) is 0.430. The average molecular weight is 524 g/mol. The third-order valence-electron chi connectivity index (χ3n) is 6.81. The van der Waals surface area contributed by atoms with Gasteiger partial charge in [-0.05, 0) is 54.3 Å². The fourth-order valence-electron chi connectivity index (χ4n) is 4.95. The number of amides is 1. The summed E-state index contributed by atoms with van der Waals surface area (Å²) in [5, 5.41) is 10.1. The number of carbonyl (C=O) groups excluding carboxylic acids is 1. The first-order chi connectivity index (χ1) is 18.9. The van der Waals surface area contributed by atoms with Crippen molar-refractivity contribution >= 4 is 34.3 Å². The van der Waals surface area contributed by atoms with Gasteiger partial charge in [-0.3, -0.25) is 14.3 Å². The quantitative estimate of drug-likeness (QED) is 0.371. The van der Waals surface area contributed by atoms with Crippen LogP contribution in [0.25, 0.3) is 28.0 Å². The van der Waals surface area contributed by atoms with Crippen LogP contribution < -0.4 is 11.3 Å². The van der Waals surface area contributed by atoms with Gasteiger partial charge in [-0.25, -0.2) is 9.67 Å². The zero-order valence-electron chi connectivity index (χ0n) is 22.6. The molecule has 0 bridgehead atoms. The van der Waals surface area contributed by atoms with Crippen LogP contribution in [-0.4, -0.2) is 49.3 Å². The first-order valence-electron chi connectivity index (χ1n) is 13.3. The van der Waals surface area contributed by atoms with E-state index >= 15 is 0 Å². The minimum absolute atomic E-state index is 0.0181. The zero-order valence-corrected chi connectivity index (χ0v) is 22.6. The molecule has 0 radical (unpaired) electrons. The molecule has 2 N–H and O–H groups in total. The largest absolute Gasteiger partial charge is 0.387 e. The summed E-state index contributed by atoms with van der Waals surface area (Å²) in [7, 11) is 1.84. The second kappa shape index (κ2) is 11.1. The highest BCUT2D eigenvalue weighted by Crippen LogP contribution is 2.33. The van der Waals surface area contributed by atoms with Crippen LogP contribution >= 0.6 is 0 Å². The average Bonchev–Trinajstić information content (AvgIpc) is 3.25. The van der Waals surface area contributed by atoms with E-state index < -0.39 is 0 Å². The van der Waals surface area contributed by atoms with Crippen LogP contribution in [0, 0.1) is 0 Å². The molecule has 0 saturated heterocycles. The third-order valence-corrected chi connectivity index (χ3v) is 6.81. The Balaban J connectivity index is 1.45. The second-order valence-electron chi connectivity index (χ2n) is 9.91. The predicted octanol–water partition coefficient (Wildman–Crippen LogP) is 4.27. The van der Waals surface area contributed by atoms with Crippen LogP contribution in [0.1, 0.15) is 44.4 Å². The summed E-state index contributed by atoms with van der Waals surface area (Å²) in [4.78, 5) is 32.9. The molecule has 5 rings (SSSR count). The van der Waals surface area contributed by atoms with E-state index in [1.807, 2.05) is 66.7 Å². The van der Waals surface area contributed by atoms with E-state index in [4.69, 9.17) is 5.73 Å². The summed E-state index contributed by atoms with van der Waals surface area (Å²) >= 11 is 0. The number of hydrogen-bond donors (Lipinski definition) is 1. The van der Waals surface area contributed by atoms with Crippen LogP contribution in [0.3, 0.4) is 0 Å². The van der Waals surface area contributed by atoms with Gasteiger partial charge in [0, 0.05) is 49.3 Å². The molecule has 0 atom stereocenters. The molecular formula is C30H33N7O2. The van der Waals surface area contributed by atoms with E-state index in [0.717, 1.165) is 53.7 Å². The van der Waals surface area contributed by atoms with E-state index in [9.17, 15) is 9.59 Å². The number of benzene rings is 2. The molecule has 0 spiro atoms. The Bertz CT molecular complexity index is 1660. The first-order valence-corrected chi connectivity index (χ1v) is 13.3. The summed E-state index contributed by atoms with van der Waals surface area (Å²) in [6.07, 6.45) is 7.59. The van der Waals surface area contributed by atoms with E-state index in [-0.39, 0.29) is 11.5 Å². The maximum absolute atomic E-state index is 13.3. The number of rotatable bonds is 8. The molecule has 9 nitrogen and oxygen atoms in total. The third kappa shape index (κ3) is 5.52. The van der Waals surface area contributed by atoms with Gasteiger partial charge >= 0.3 is 0 Å². The SMILES string of the molecule is CCCN(CCC)C(=O)C1=Cc2ccc(-c3ccc4c(=O)n(Cc5ccn(C)n5)ncc4c3)cc2N=C(N)C1. The highest BCUT2D eigenvalue weighted by atomic mass is 16.2. The number of aryl methyl sites for hydroxylation is 1. The molecule has 9 heteroatoms. The van der Waals surface area contributed by atoms with Gasteiger partial charge in [0.15, 0.2) is 0 Å². The Labute approximate surface area is 227 Å². The highest BCUT2D eigenvalue weighted by Gasteiger charge is 2.21. The lowest BCUT2D eigenvalue weighted by atomic mass is 9.99. The maximum atomic E-state index is 13.3. The Hall–Kier alpha value is -4.53. The van der Waals surface area contributed by atoms with Gasteiger partial charge in [0.05, 0.1) is 29.5 Å². The summed E-state index contributed by atoms with van der Waals surface area (Å²) < 4.78 is 3.13. The first kappa shape index (κ1) is 26.1. The van der Waals surface area contributed by atoms with E-state index in [1.54, 1.807) is 10.9 Å². The number of hydrogen-bond acceptors (Lipinski definition) is 6. The van der Waals surface area contributed by atoms with Crippen molar-refractivity contribution in [1.82, 2.24) is 24.5 Å². The van der Waals surface area contributed by atoms with Crippen molar-refractivity contribution in [2.24, 2.45) is 17.8 Å². The molecule has 200 valence electrons. The molecular weight excluding hydrogens is 490 g/mol. The van der Waals surface area contributed by atoms with Crippen molar-refractivity contribution in [3.05, 3.63) is 82.0 Å². The number of amidine groups is 1. The minimum atomic E-state index is -0.161. The van der Waals surface area contributed by atoms with Crippen molar-refractivity contribution in [2.45, 2.75) is 39.7 Å². The molecule has 0 fully saturated rings. The normalized spacial score (nSPS) is 13.0. The molecule has 3 heterocycles. The molecule has 1 aliphatic rings. The smallest absolute Gasteiger partial charge is 0.274 e. The number of aromatic nitrogens is 4. The summed E-state index contributed by atoms with van der Waals surface area (Å²) in [5.41, 5.74) is 11.0. The summed E-state index contributed by atoms with van der Waals surface area (Å²) in [6.45, 7) is 5.90. The maximum Gasteiger partial charge on any atom is 0.274 e. The Morgan fingerprint density at radius 2 is 1.79 bits per heavy atom. The van der Waals surface area contributed by atoms with Gasteiger partial charge in [0.25, 0.3) is 5.56 Å². The molecule has 2 aromatic carbocycles. The molecule has 39 heavy (non-hydrogen) atoms. The molecule has 0 aliphatic carbocycles.